The molecule has 1 atom stereocenters. The van der Waals surface area contributed by atoms with Crippen LogP contribution in [0.4, 0.5) is 11.5 Å². The van der Waals surface area contributed by atoms with Crippen molar-refractivity contribution in [2.75, 3.05) is 36.4 Å². The fourth-order valence-electron chi connectivity index (χ4n) is 5.10. The van der Waals surface area contributed by atoms with Gasteiger partial charge in [0, 0.05) is 43.3 Å². The van der Waals surface area contributed by atoms with Crippen molar-refractivity contribution in [3.8, 4) is 0 Å². The molecular weight excluding hydrogens is 506 g/mol. The van der Waals surface area contributed by atoms with Gasteiger partial charge in [-0.05, 0) is 39.0 Å². The summed E-state index contributed by atoms with van der Waals surface area (Å²) in [5, 5.41) is 8.94. The van der Waals surface area contributed by atoms with Crippen LogP contribution in [0.2, 0.25) is 5.02 Å². The Morgan fingerprint density at radius 3 is 2.71 bits per heavy atom. The topological polar surface area (TPSA) is 129 Å². The van der Waals surface area contributed by atoms with Crippen molar-refractivity contribution < 1.29 is 9.32 Å². The first-order valence-corrected chi connectivity index (χ1v) is 12.7. The number of fused-ring (bicyclic) bond motifs is 2. The number of aromatic nitrogens is 6. The third-order valence-electron chi connectivity index (χ3n) is 7.01. The number of imidazole rings is 1. The lowest BCUT2D eigenvalue weighted by molar-refractivity contribution is 0.0744. The van der Waals surface area contributed by atoms with Gasteiger partial charge in [0.2, 0.25) is 0 Å². The molecule has 0 saturated carbocycles. The normalized spacial score (nSPS) is 14.8. The van der Waals surface area contributed by atoms with E-state index >= 15 is 0 Å². The Balaban J connectivity index is 1.33. The lowest BCUT2D eigenvalue weighted by Gasteiger charge is -2.38. The Kier molecular flexibility index (Phi) is 6.07. The molecule has 12 heteroatoms. The number of rotatable bonds is 5. The van der Waals surface area contributed by atoms with Crippen LogP contribution in [0, 0.1) is 13.8 Å². The summed E-state index contributed by atoms with van der Waals surface area (Å²) in [4.78, 5) is 38.1. The predicted molar refractivity (Wildman–Crippen MR) is 145 cm³/mol. The molecule has 1 amide bonds. The number of pyridine rings is 1. The molecule has 38 heavy (non-hydrogen) atoms. The van der Waals surface area contributed by atoms with Gasteiger partial charge in [-0.15, -0.1) is 0 Å². The largest absolute Gasteiger partial charge is 0.366 e. The second-order valence-corrected chi connectivity index (χ2v) is 9.77. The molecule has 0 aliphatic carbocycles. The SMILES string of the molecule is Cc1noc(C)c1C(=O)N1CCN(c2c(C(C)Nc3ncnc4[nH]cnc34)cc(Cl)c3cccnc23)CC1. The molecule has 2 N–H and O–H groups in total. The zero-order chi connectivity index (χ0) is 26.4. The van der Waals surface area contributed by atoms with Crippen LogP contribution in [-0.4, -0.2) is 67.1 Å². The lowest BCUT2D eigenvalue weighted by Crippen LogP contribution is -2.49. The highest BCUT2D eigenvalue weighted by atomic mass is 35.5. The van der Waals surface area contributed by atoms with Crippen LogP contribution in [0.3, 0.4) is 0 Å². The molecule has 1 aliphatic rings. The molecule has 1 saturated heterocycles. The molecule has 1 aliphatic heterocycles. The van der Waals surface area contributed by atoms with Crippen LogP contribution < -0.4 is 10.2 Å². The van der Waals surface area contributed by atoms with Gasteiger partial charge in [-0.2, -0.15) is 0 Å². The average Bonchev–Trinajstić information content (AvgIpc) is 3.55. The number of carbonyl (C=O) groups is 1. The highest BCUT2D eigenvalue weighted by Crippen LogP contribution is 2.39. The second kappa shape index (κ2) is 9.56. The summed E-state index contributed by atoms with van der Waals surface area (Å²) >= 11 is 6.75. The van der Waals surface area contributed by atoms with Crippen molar-refractivity contribution in [1.29, 1.82) is 0 Å². The van der Waals surface area contributed by atoms with E-state index < -0.39 is 0 Å². The smallest absolute Gasteiger partial charge is 0.259 e. The third kappa shape index (κ3) is 4.08. The van der Waals surface area contributed by atoms with Crippen molar-refractivity contribution >= 4 is 51.1 Å². The Hall–Kier alpha value is -4.25. The first kappa shape index (κ1) is 24.1. The van der Waals surface area contributed by atoms with Crippen LogP contribution in [0.1, 0.15) is 40.3 Å². The average molecular weight is 532 g/mol. The first-order chi connectivity index (χ1) is 18.4. The number of hydrogen-bond acceptors (Lipinski definition) is 9. The van der Waals surface area contributed by atoms with Gasteiger partial charge in [0.25, 0.3) is 5.91 Å². The monoisotopic (exact) mass is 531 g/mol. The van der Waals surface area contributed by atoms with Crippen molar-refractivity contribution in [3.05, 3.63) is 64.7 Å². The maximum Gasteiger partial charge on any atom is 0.259 e. The fourth-order valence-corrected chi connectivity index (χ4v) is 5.37. The van der Waals surface area contributed by atoms with Crippen molar-refractivity contribution in [2.24, 2.45) is 0 Å². The minimum atomic E-state index is -0.175. The van der Waals surface area contributed by atoms with E-state index in [4.69, 9.17) is 21.1 Å². The third-order valence-corrected chi connectivity index (χ3v) is 7.32. The Morgan fingerprint density at radius 1 is 1.13 bits per heavy atom. The number of piperazine rings is 1. The number of H-pyrrole nitrogens is 1. The van der Waals surface area contributed by atoms with E-state index in [0.29, 0.717) is 65.2 Å². The number of nitrogens with one attached hydrogen (secondary N) is 2. The van der Waals surface area contributed by atoms with Crippen LogP contribution in [0.5, 0.6) is 0 Å². The summed E-state index contributed by atoms with van der Waals surface area (Å²) in [7, 11) is 0. The van der Waals surface area contributed by atoms with Crippen molar-refractivity contribution in [2.45, 2.75) is 26.8 Å². The molecule has 0 radical (unpaired) electrons. The molecular formula is C26H26ClN9O2. The summed E-state index contributed by atoms with van der Waals surface area (Å²) in [6, 6.07) is 5.67. The van der Waals surface area contributed by atoms with Gasteiger partial charge in [-0.3, -0.25) is 9.78 Å². The summed E-state index contributed by atoms with van der Waals surface area (Å²) < 4.78 is 5.22. The minimum absolute atomic E-state index is 0.0537. The second-order valence-electron chi connectivity index (χ2n) is 9.36. The number of halogens is 1. The van der Waals surface area contributed by atoms with Gasteiger partial charge in [-0.1, -0.05) is 16.8 Å². The summed E-state index contributed by atoms with van der Waals surface area (Å²) in [6.45, 7) is 8.01. The lowest BCUT2D eigenvalue weighted by atomic mass is 10.0. The molecule has 1 aromatic carbocycles. The van der Waals surface area contributed by atoms with Crippen molar-refractivity contribution in [1.82, 2.24) is 35.0 Å². The van der Waals surface area contributed by atoms with Crippen LogP contribution in [0.15, 0.2) is 41.6 Å². The van der Waals surface area contributed by atoms with Gasteiger partial charge in [0.05, 0.1) is 34.3 Å². The fraction of sp³-hybridized carbons (Fsp3) is 0.308. The van der Waals surface area contributed by atoms with Gasteiger partial charge in [0.15, 0.2) is 11.5 Å². The number of anilines is 2. The van der Waals surface area contributed by atoms with Gasteiger partial charge in [0.1, 0.15) is 23.2 Å². The summed E-state index contributed by atoms with van der Waals surface area (Å²) in [5.74, 6) is 1.12. The number of aryl methyl sites for hydroxylation is 2. The van der Waals surface area contributed by atoms with Gasteiger partial charge >= 0.3 is 0 Å². The number of hydrogen-bond donors (Lipinski definition) is 2. The highest BCUT2D eigenvalue weighted by molar-refractivity contribution is 6.36. The molecule has 5 heterocycles. The van der Waals surface area contributed by atoms with Gasteiger partial charge in [-0.25, -0.2) is 15.0 Å². The van der Waals surface area contributed by atoms with E-state index in [0.717, 1.165) is 22.2 Å². The zero-order valence-corrected chi connectivity index (χ0v) is 22.0. The minimum Gasteiger partial charge on any atom is -0.366 e. The number of aromatic amines is 1. The number of nitrogens with zero attached hydrogens (tertiary/aromatic N) is 7. The maximum absolute atomic E-state index is 13.2. The standard InChI is InChI=1S/C26H26ClN9O2/c1-14(33-25-22-24(30-12-29-22)31-13-32-25)18-11-19(27)17-5-4-6-28-21(17)23(18)35-7-9-36(10-8-35)26(37)20-15(2)34-38-16(20)3/h4-6,11-14H,7-10H2,1-3H3,(H2,29,30,31,32,33). The number of benzene rings is 1. The quantitative estimate of drug-likeness (QED) is 0.341. The molecule has 1 fully saturated rings. The summed E-state index contributed by atoms with van der Waals surface area (Å²) in [5.41, 5.74) is 5.27. The Morgan fingerprint density at radius 2 is 1.95 bits per heavy atom. The molecule has 6 rings (SSSR count). The van der Waals surface area contributed by atoms with Crippen molar-refractivity contribution in [3.63, 3.8) is 0 Å². The molecule has 0 spiro atoms. The first-order valence-electron chi connectivity index (χ1n) is 12.4. The molecule has 11 nitrogen and oxygen atoms in total. The number of amides is 1. The summed E-state index contributed by atoms with van der Waals surface area (Å²) in [6.07, 6.45) is 4.88. The van der Waals surface area contributed by atoms with E-state index in [2.05, 4.69) is 42.2 Å². The molecule has 4 aromatic heterocycles. The van der Waals surface area contributed by atoms with E-state index in [9.17, 15) is 4.79 Å². The highest BCUT2D eigenvalue weighted by Gasteiger charge is 2.29. The van der Waals surface area contributed by atoms with Crippen LogP contribution in [-0.2, 0) is 0 Å². The van der Waals surface area contributed by atoms with E-state index in [1.807, 2.05) is 23.1 Å². The van der Waals surface area contributed by atoms with E-state index in [-0.39, 0.29) is 11.9 Å². The molecule has 0 bridgehead atoms. The van der Waals surface area contributed by atoms with E-state index in [1.54, 1.807) is 26.4 Å². The molecule has 5 aromatic rings. The zero-order valence-electron chi connectivity index (χ0n) is 21.2. The van der Waals surface area contributed by atoms with Crippen LogP contribution in [0.25, 0.3) is 22.1 Å². The predicted octanol–water partition coefficient (Wildman–Crippen LogP) is 4.29. The Labute approximate surface area is 223 Å². The van der Waals surface area contributed by atoms with Gasteiger partial charge < -0.3 is 24.6 Å². The number of carbonyl (C=O) groups excluding carboxylic acids is 1. The molecule has 194 valence electrons. The Bertz CT molecular complexity index is 1640. The van der Waals surface area contributed by atoms with Crippen LogP contribution >= 0.6 is 11.6 Å². The maximum atomic E-state index is 13.2. The molecule has 1 unspecified atom stereocenters. The van der Waals surface area contributed by atoms with E-state index in [1.165, 1.54) is 6.33 Å².